The summed E-state index contributed by atoms with van der Waals surface area (Å²) in [6, 6.07) is 0. The van der Waals surface area contributed by atoms with Crippen LogP contribution in [0.1, 0.15) is 33.6 Å². The van der Waals surface area contributed by atoms with Gasteiger partial charge in [0.1, 0.15) is 15.4 Å². The monoisotopic (exact) mass is 308 g/mol. The Morgan fingerprint density at radius 3 is 1.84 bits per heavy atom. The minimum Gasteiger partial charge on any atom is -0.747 e. The van der Waals surface area contributed by atoms with Crippen molar-refractivity contribution in [3.05, 3.63) is 0 Å². The Morgan fingerprint density at radius 2 is 1.63 bits per heavy atom. The number of fused-ring (bicyclic) bond motifs is 2. The maximum atomic E-state index is 12.0. The molecule has 0 aromatic rings. The molecule has 0 radical (unpaired) electrons. The molecule has 0 saturated heterocycles. The van der Waals surface area contributed by atoms with Crippen molar-refractivity contribution >= 4 is 26.8 Å². The predicted molar refractivity (Wildman–Crippen MR) is 78.2 cm³/mol. The highest BCUT2D eigenvalue weighted by Gasteiger charge is 2.67. The van der Waals surface area contributed by atoms with Crippen molar-refractivity contribution in [1.82, 2.24) is 0 Å². The zero-order valence-corrected chi connectivity index (χ0v) is 14.2. The van der Waals surface area contributed by atoms with Gasteiger partial charge in [-0.1, -0.05) is 20.8 Å². The molecule has 3 unspecified atom stereocenters. The van der Waals surface area contributed by atoms with Crippen LogP contribution in [0.4, 0.5) is 0 Å². The molecule has 3 atom stereocenters. The normalized spacial score (nSPS) is 36.3. The van der Waals surface area contributed by atoms with Crippen LogP contribution >= 0.6 is 0 Å². The van der Waals surface area contributed by atoms with Crippen molar-refractivity contribution in [2.45, 2.75) is 38.9 Å². The van der Waals surface area contributed by atoms with Crippen molar-refractivity contribution in [1.29, 1.82) is 0 Å². The van der Waals surface area contributed by atoms with Crippen LogP contribution in [0, 0.1) is 16.7 Å². The maximum Gasteiger partial charge on any atom is 0.156 e. The third-order valence-corrected chi connectivity index (χ3v) is 5.95. The standard InChI is InChI=1S/C10H16O4S.C3H9S/c1-9(2)6-4-5-10(9,3)8(11)7(6)15(12,13)14;1-4(2)3/h6-7H,4-5H2,1-3H3,(H,12,13,14);1-3H3/q;+1/p-1. The lowest BCUT2D eigenvalue weighted by Crippen LogP contribution is -2.38. The Labute approximate surface area is 119 Å². The lowest BCUT2D eigenvalue weighted by Gasteiger charge is -2.32. The van der Waals surface area contributed by atoms with Crippen LogP contribution in [0.2, 0.25) is 0 Å². The highest BCUT2D eigenvalue weighted by molar-refractivity contribution is 7.94. The van der Waals surface area contributed by atoms with E-state index in [0.29, 0.717) is 23.7 Å². The van der Waals surface area contributed by atoms with E-state index in [9.17, 15) is 17.8 Å². The first kappa shape index (κ1) is 17.0. The number of hydrogen-bond donors (Lipinski definition) is 0. The predicted octanol–water partition coefficient (Wildman–Crippen LogP) is 1.42. The molecule has 0 amide bonds. The second-order valence-electron chi connectivity index (χ2n) is 6.70. The average Bonchev–Trinajstić information content (AvgIpc) is 2.46. The number of hydrogen-bond acceptors (Lipinski definition) is 4. The fourth-order valence-electron chi connectivity index (χ4n) is 3.34. The van der Waals surface area contributed by atoms with E-state index in [4.69, 9.17) is 0 Å². The Bertz CT molecular complexity index is 464. The molecule has 19 heavy (non-hydrogen) atoms. The van der Waals surface area contributed by atoms with Gasteiger partial charge >= 0.3 is 0 Å². The van der Waals surface area contributed by atoms with E-state index in [1.165, 1.54) is 0 Å². The number of Topliss-reactive ketones (excluding diaryl/α,β-unsaturated/α-hetero) is 1. The van der Waals surface area contributed by atoms with Gasteiger partial charge in [-0.15, -0.1) is 0 Å². The Morgan fingerprint density at radius 1 is 1.21 bits per heavy atom. The molecule has 2 aliphatic rings. The van der Waals surface area contributed by atoms with Crippen molar-refractivity contribution < 1.29 is 17.8 Å². The molecule has 0 heterocycles. The van der Waals surface area contributed by atoms with Crippen LogP contribution in [0.3, 0.4) is 0 Å². The quantitative estimate of drug-likeness (QED) is 0.542. The molecule has 4 nitrogen and oxygen atoms in total. The second kappa shape index (κ2) is 5.04. The van der Waals surface area contributed by atoms with Crippen LogP contribution in [-0.2, 0) is 25.8 Å². The van der Waals surface area contributed by atoms with E-state index in [0.717, 1.165) is 0 Å². The number of rotatable bonds is 1. The summed E-state index contributed by atoms with van der Waals surface area (Å²) in [4.78, 5) is 12.0. The third-order valence-electron chi connectivity index (χ3n) is 4.78. The first-order chi connectivity index (χ1) is 8.35. The molecule has 0 spiro atoms. The van der Waals surface area contributed by atoms with Crippen molar-refractivity contribution in [2.24, 2.45) is 16.7 Å². The maximum absolute atomic E-state index is 12.0. The molecule has 2 saturated carbocycles. The summed E-state index contributed by atoms with van der Waals surface area (Å²) in [5, 5.41) is -1.30. The van der Waals surface area contributed by atoms with Crippen LogP contribution in [0.5, 0.6) is 0 Å². The van der Waals surface area contributed by atoms with Gasteiger partial charge in [0.2, 0.25) is 0 Å². The summed E-state index contributed by atoms with van der Waals surface area (Å²) in [6.45, 7) is 5.59. The van der Waals surface area contributed by atoms with E-state index in [-0.39, 0.29) is 17.1 Å². The largest absolute Gasteiger partial charge is 0.747 e. The van der Waals surface area contributed by atoms with Crippen molar-refractivity contribution in [3.8, 4) is 0 Å². The summed E-state index contributed by atoms with van der Waals surface area (Å²) >= 11 is 0. The van der Waals surface area contributed by atoms with E-state index < -0.39 is 20.8 Å². The fourth-order valence-corrected chi connectivity index (χ4v) is 4.74. The molecule has 2 aliphatic carbocycles. The lowest BCUT2D eigenvalue weighted by atomic mass is 9.70. The van der Waals surface area contributed by atoms with Gasteiger partial charge in [0.15, 0.2) is 5.78 Å². The molecule has 112 valence electrons. The minimum absolute atomic E-state index is 0.294. The summed E-state index contributed by atoms with van der Waals surface area (Å²) in [7, 11) is -3.85. The minimum atomic E-state index is -4.49. The van der Waals surface area contributed by atoms with E-state index in [2.05, 4.69) is 18.8 Å². The van der Waals surface area contributed by atoms with Crippen LogP contribution in [0.15, 0.2) is 0 Å². The Kier molecular flexibility index (Phi) is 4.51. The van der Waals surface area contributed by atoms with Gasteiger partial charge in [-0.25, -0.2) is 8.42 Å². The van der Waals surface area contributed by atoms with Gasteiger partial charge in [-0.2, -0.15) is 0 Å². The summed E-state index contributed by atoms with van der Waals surface area (Å²) < 4.78 is 33.3. The SMILES string of the molecule is CC12CCC(C(S(=O)(=O)[O-])C1=O)C2(C)C.C[S+](C)C. The molecule has 2 bridgehead atoms. The zero-order valence-electron chi connectivity index (χ0n) is 12.5. The van der Waals surface area contributed by atoms with Crippen molar-refractivity contribution in [2.75, 3.05) is 18.8 Å². The van der Waals surface area contributed by atoms with Crippen LogP contribution in [0.25, 0.3) is 0 Å². The fraction of sp³-hybridized carbons (Fsp3) is 0.923. The molecular weight excluding hydrogens is 284 g/mol. The van der Waals surface area contributed by atoms with Gasteiger partial charge in [-0.3, -0.25) is 4.79 Å². The average molecular weight is 308 g/mol. The summed E-state index contributed by atoms with van der Waals surface area (Å²) in [5.74, 6) is -0.656. The number of carbonyl (C=O) groups excluding carboxylic acids is 1. The molecule has 2 rings (SSSR count). The van der Waals surface area contributed by atoms with Gasteiger partial charge in [0, 0.05) is 5.41 Å². The first-order valence-electron chi connectivity index (χ1n) is 6.34. The van der Waals surface area contributed by atoms with Crippen LogP contribution in [-0.4, -0.2) is 42.8 Å². The summed E-state index contributed by atoms with van der Waals surface area (Å²) in [6.07, 6.45) is 7.96. The molecular formula is C13H24O4S2. The molecule has 6 heteroatoms. The smallest absolute Gasteiger partial charge is 0.156 e. The highest BCUT2D eigenvalue weighted by atomic mass is 32.2. The van der Waals surface area contributed by atoms with Gasteiger partial charge in [-0.05, 0) is 35.1 Å². The third kappa shape index (κ3) is 2.72. The molecule has 0 aromatic heterocycles. The van der Waals surface area contributed by atoms with Gasteiger partial charge in [0.05, 0.1) is 18.8 Å². The first-order valence-corrected chi connectivity index (χ1v) is 10.3. The highest BCUT2D eigenvalue weighted by Crippen LogP contribution is 2.64. The Hall–Kier alpha value is -0.0700. The molecule has 0 aliphatic heterocycles. The summed E-state index contributed by atoms with van der Waals surface area (Å²) in [5.41, 5.74) is -0.994. The van der Waals surface area contributed by atoms with Crippen molar-refractivity contribution in [3.63, 3.8) is 0 Å². The van der Waals surface area contributed by atoms with E-state index in [1.54, 1.807) is 6.92 Å². The molecule has 0 aromatic carbocycles. The molecule has 0 N–H and O–H groups in total. The topological polar surface area (TPSA) is 74.3 Å². The van der Waals surface area contributed by atoms with E-state index in [1.807, 2.05) is 13.8 Å². The van der Waals surface area contributed by atoms with Gasteiger partial charge in [0.25, 0.3) is 0 Å². The zero-order chi connectivity index (χ0) is 15.2. The lowest BCUT2D eigenvalue weighted by molar-refractivity contribution is -0.128. The van der Waals surface area contributed by atoms with Crippen LogP contribution < -0.4 is 0 Å². The molecule has 2 fully saturated rings. The second-order valence-corrected chi connectivity index (χ2v) is 10.6. The number of ketones is 1. The van der Waals surface area contributed by atoms with E-state index >= 15 is 0 Å². The number of carbonyl (C=O) groups is 1. The Balaban J connectivity index is 0.000000399. The van der Waals surface area contributed by atoms with Gasteiger partial charge < -0.3 is 4.55 Å².